The topological polar surface area (TPSA) is 54.7 Å². The van der Waals surface area contributed by atoms with Gasteiger partial charge in [-0.3, -0.25) is 9.69 Å². The molecule has 1 aromatic carbocycles. The van der Waals surface area contributed by atoms with Gasteiger partial charge in [0.25, 0.3) is 0 Å². The van der Waals surface area contributed by atoms with Crippen molar-refractivity contribution in [1.29, 1.82) is 0 Å². The van der Waals surface area contributed by atoms with Crippen LogP contribution >= 0.6 is 0 Å². The van der Waals surface area contributed by atoms with E-state index in [1.807, 2.05) is 45.0 Å². The zero-order valence-corrected chi connectivity index (χ0v) is 14.7. The van der Waals surface area contributed by atoms with Gasteiger partial charge in [0.05, 0.1) is 13.2 Å². The highest BCUT2D eigenvalue weighted by molar-refractivity contribution is 6.01. The van der Waals surface area contributed by atoms with Gasteiger partial charge >= 0.3 is 0 Å². The van der Waals surface area contributed by atoms with Crippen LogP contribution in [0, 0.1) is 5.41 Å². The van der Waals surface area contributed by atoms with Crippen molar-refractivity contribution in [2.24, 2.45) is 5.41 Å². The van der Waals surface area contributed by atoms with Crippen molar-refractivity contribution >= 4 is 22.4 Å². The van der Waals surface area contributed by atoms with Gasteiger partial charge in [-0.25, -0.2) is 0 Å². The van der Waals surface area contributed by atoms with Gasteiger partial charge < -0.3 is 14.5 Å². The number of ether oxygens (including phenoxy) is 1. The third kappa shape index (κ3) is 3.97. The summed E-state index contributed by atoms with van der Waals surface area (Å²) in [6, 6.07) is 7.80. The van der Waals surface area contributed by atoms with Crippen molar-refractivity contribution in [2.75, 3.05) is 44.7 Å². The fraction of sp³-hybridized carbons (Fsp3) is 0.526. The Labute approximate surface area is 143 Å². The lowest BCUT2D eigenvalue weighted by atomic mass is 9.89. The fourth-order valence-electron chi connectivity index (χ4n) is 2.82. The largest absolute Gasteiger partial charge is 0.453 e. The number of fused-ring (bicyclic) bond motifs is 1. The van der Waals surface area contributed by atoms with Gasteiger partial charge in [-0.1, -0.05) is 20.8 Å². The number of Topliss-reactive ketones (excluding diaryl/α,β-unsaturated/α-hetero) is 1. The first-order valence-electron chi connectivity index (χ1n) is 8.56. The molecule has 3 rings (SSSR count). The van der Waals surface area contributed by atoms with E-state index in [1.165, 1.54) is 0 Å². The van der Waals surface area contributed by atoms with Gasteiger partial charge in [0.2, 0.25) is 5.78 Å². The first-order chi connectivity index (χ1) is 11.4. The Balaban J connectivity index is 1.64. The molecule has 0 radical (unpaired) electrons. The lowest BCUT2D eigenvalue weighted by Crippen LogP contribution is -2.38. The molecule has 2 heterocycles. The summed E-state index contributed by atoms with van der Waals surface area (Å²) >= 11 is 0. The van der Waals surface area contributed by atoms with Gasteiger partial charge in [0, 0.05) is 42.7 Å². The smallest absolute Gasteiger partial charge is 0.203 e. The first kappa shape index (κ1) is 17.0. The van der Waals surface area contributed by atoms with Crippen LogP contribution in [0.15, 0.2) is 28.7 Å². The summed E-state index contributed by atoms with van der Waals surface area (Å²) in [5, 5.41) is 4.40. The van der Waals surface area contributed by atoms with E-state index >= 15 is 0 Å². The van der Waals surface area contributed by atoms with Crippen LogP contribution in [-0.4, -0.2) is 50.1 Å². The highest BCUT2D eigenvalue weighted by atomic mass is 16.5. The molecule has 5 heteroatoms. The fourth-order valence-corrected chi connectivity index (χ4v) is 2.82. The van der Waals surface area contributed by atoms with Crippen LogP contribution in [0.5, 0.6) is 0 Å². The molecule has 0 amide bonds. The number of rotatable bonds is 5. The molecular weight excluding hydrogens is 304 g/mol. The molecule has 24 heavy (non-hydrogen) atoms. The number of hydrogen-bond acceptors (Lipinski definition) is 5. The molecule has 1 N–H and O–H groups in total. The zero-order chi connectivity index (χ0) is 17.2. The molecule has 2 aromatic rings. The predicted octanol–water partition coefficient (Wildman–Crippen LogP) is 3.41. The predicted molar refractivity (Wildman–Crippen MR) is 95.7 cm³/mol. The van der Waals surface area contributed by atoms with Crippen LogP contribution in [0.3, 0.4) is 0 Å². The van der Waals surface area contributed by atoms with Gasteiger partial charge in [-0.05, 0) is 24.3 Å². The number of ketones is 1. The number of nitrogens with one attached hydrogen (secondary N) is 1. The van der Waals surface area contributed by atoms with Gasteiger partial charge in [0.15, 0.2) is 5.76 Å². The van der Waals surface area contributed by atoms with E-state index in [9.17, 15) is 4.79 Å². The summed E-state index contributed by atoms with van der Waals surface area (Å²) in [6.07, 6.45) is 0. The van der Waals surface area contributed by atoms with Crippen molar-refractivity contribution < 1.29 is 13.9 Å². The standard InChI is InChI=1S/C19H26N2O3/c1-19(2,3)18(22)17-13-14-12-15(4-5-16(14)24-17)20-6-7-21-8-10-23-11-9-21/h4-5,12-13,20H,6-11H2,1-3H3. The third-order valence-corrected chi connectivity index (χ3v) is 4.28. The normalized spacial score (nSPS) is 16.5. The van der Waals surface area contributed by atoms with E-state index < -0.39 is 5.41 Å². The van der Waals surface area contributed by atoms with Gasteiger partial charge in [0.1, 0.15) is 5.58 Å². The van der Waals surface area contributed by atoms with Crippen molar-refractivity contribution in [2.45, 2.75) is 20.8 Å². The Morgan fingerprint density at radius 2 is 1.96 bits per heavy atom. The number of carbonyl (C=O) groups is 1. The minimum atomic E-state index is -0.437. The van der Waals surface area contributed by atoms with Crippen LogP contribution in [0.1, 0.15) is 31.3 Å². The number of furan rings is 1. The molecule has 1 fully saturated rings. The molecule has 1 aliphatic rings. The Kier molecular flexibility index (Phi) is 4.92. The number of nitrogens with zero attached hydrogens (tertiary/aromatic N) is 1. The van der Waals surface area contributed by atoms with E-state index in [2.05, 4.69) is 10.2 Å². The molecule has 0 unspecified atom stereocenters. The summed E-state index contributed by atoms with van der Waals surface area (Å²) < 4.78 is 11.1. The zero-order valence-electron chi connectivity index (χ0n) is 14.7. The van der Waals surface area contributed by atoms with E-state index in [1.54, 1.807) is 0 Å². The molecular formula is C19H26N2O3. The van der Waals surface area contributed by atoms with Crippen molar-refractivity contribution in [1.82, 2.24) is 4.90 Å². The highest BCUT2D eigenvalue weighted by Gasteiger charge is 2.26. The van der Waals surface area contributed by atoms with Crippen molar-refractivity contribution in [3.8, 4) is 0 Å². The Bertz CT molecular complexity index is 709. The molecule has 130 valence electrons. The average Bonchev–Trinajstić information content (AvgIpc) is 2.97. The van der Waals surface area contributed by atoms with Gasteiger partial charge in [-0.2, -0.15) is 0 Å². The number of anilines is 1. The third-order valence-electron chi connectivity index (χ3n) is 4.28. The van der Waals surface area contributed by atoms with Crippen LogP contribution in [0.4, 0.5) is 5.69 Å². The molecule has 1 aromatic heterocycles. The van der Waals surface area contributed by atoms with Crippen molar-refractivity contribution in [3.63, 3.8) is 0 Å². The lowest BCUT2D eigenvalue weighted by Gasteiger charge is -2.26. The Morgan fingerprint density at radius 3 is 2.67 bits per heavy atom. The maximum absolute atomic E-state index is 12.3. The highest BCUT2D eigenvalue weighted by Crippen LogP contribution is 2.28. The van der Waals surface area contributed by atoms with Crippen LogP contribution in [0.2, 0.25) is 0 Å². The Morgan fingerprint density at radius 1 is 1.21 bits per heavy atom. The molecule has 0 aliphatic carbocycles. The van der Waals surface area contributed by atoms with E-state index in [0.717, 1.165) is 56.0 Å². The van der Waals surface area contributed by atoms with E-state index in [4.69, 9.17) is 9.15 Å². The first-order valence-corrected chi connectivity index (χ1v) is 8.56. The molecule has 1 aliphatic heterocycles. The maximum Gasteiger partial charge on any atom is 0.203 e. The van der Waals surface area contributed by atoms with E-state index in [0.29, 0.717) is 5.76 Å². The minimum absolute atomic E-state index is 0.0283. The van der Waals surface area contributed by atoms with E-state index in [-0.39, 0.29) is 5.78 Å². The minimum Gasteiger partial charge on any atom is -0.453 e. The quantitative estimate of drug-likeness (QED) is 0.852. The molecule has 1 saturated heterocycles. The van der Waals surface area contributed by atoms with Gasteiger partial charge in [-0.15, -0.1) is 0 Å². The SMILES string of the molecule is CC(C)(C)C(=O)c1cc2cc(NCCN3CCOCC3)ccc2o1. The monoisotopic (exact) mass is 330 g/mol. The number of carbonyl (C=O) groups excluding carboxylic acids is 1. The van der Waals surface area contributed by atoms with Crippen LogP contribution < -0.4 is 5.32 Å². The Hall–Kier alpha value is -1.85. The number of hydrogen-bond donors (Lipinski definition) is 1. The second kappa shape index (κ2) is 6.95. The second-order valence-electron chi connectivity index (χ2n) is 7.32. The molecule has 0 spiro atoms. The molecule has 0 atom stereocenters. The van der Waals surface area contributed by atoms with Crippen molar-refractivity contribution in [3.05, 3.63) is 30.0 Å². The summed E-state index contributed by atoms with van der Waals surface area (Å²) in [5.41, 5.74) is 1.36. The number of benzene rings is 1. The summed E-state index contributed by atoms with van der Waals surface area (Å²) in [7, 11) is 0. The molecule has 5 nitrogen and oxygen atoms in total. The van der Waals surface area contributed by atoms with Crippen LogP contribution in [-0.2, 0) is 4.74 Å². The number of morpholine rings is 1. The average molecular weight is 330 g/mol. The lowest BCUT2D eigenvalue weighted by molar-refractivity contribution is 0.0398. The second-order valence-corrected chi connectivity index (χ2v) is 7.32. The maximum atomic E-state index is 12.3. The summed E-state index contributed by atoms with van der Waals surface area (Å²) in [6.45, 7) is 11.2. The molecule has 0 saturated carbocycles. The molecule has 0 bridgehead atoms. The van der Waals surface area contributed by atoms with Crippen LogP contribution in [0.25, 0.3) is 11.0 Å². The summed E-state index contributed by atoms with van der Waals surface area (Å²) in [4.78, 5) is 14.7. The summed E-state index contributed by atoms with van der Waals surface area (Å²) in [5.74, 6) is 0.462.